The molecule has 1 atom stereocenters. The number of hydrogen-bond acceptors (Lipinski definition) is 5. The molecule has 0 bridgehead atoms. The molecule has 10 heteroatoms. The van der Waals surface area contributed by atoms with Crippen LogP contribution < -0.4 is 10.0 Å². The fourth-order valence-corrected chi connectivity index (χ4v) is 4.75. The van der Waals surface area contributed by atoms with Crippen LogP contribution >= 0.6 is 0 Å². The average Bonchev–Trinajstić information content (AvgIpc) is 3.40. The highest BCUT2D eigenvalue weighted by Gasteiger charge is 2.27. The maximum absolute atomic E-state index is 13.0. The summed E-state index contributed by atoms with van der Waals surface area (Å²) < 4.78 is 45.6. The van der Waals surface area contributed by atoms with E-state index in [2.05, 4.69) is 10.0 Å². The Morgan fingerprint density at radius 2 is 1.80 bits per heavy atom. The summed E-state index contributed by atoms with van der Waals surface area (Å²) >= 11 is 0. The number of hydrogen-bond donors (Lipinski definition) is 2. The third-order valence-electron chi connectivity index (χ3n) is 5.39. The van der Waals surface area contributed by atoms with Gasteiger partial charge in [0.25, 0.3) is 0 Å². The van der Waals surface area contributed by atoms with E-state index in [0.29, 0.717) is 6.61 Å². The van der Waals surface area contributed by atoms with Crippen molar-refractivity contribution in [1.29, 1.82) is 0 Å². The van der Waals surface area contributed by atoms with Gasteiger partial charge in [-0.25, -0.2) is 17.5 Å². The molecule has 2 fully saturated rings. The van der Waals surface area contributed by atoms with Gasteiger partial charge < -0.3 is 15.0 Å². The van der Waals surface area contributed by atoms with Gasteiger partial charge >= 0.3 is 0 Å². The number of rotatable bonds is 9. The highest BCUT2D eigenvalue weighted by Crippen LogP contribution is 2.18. The van der Waals surface area contributed by atoms with Crippen LogP contribution in [0.15, 0.2) is 29.2 Å². The second-order valence-corrected chi connectivity index (χ2v) is 9.50. The number of ether oxygens (including phenoxy) is 1. The lowest BCUT2D eigenvalue weighted by Gasteiger charge is -2.26. The monoisotopic (exact) mass is 441 g/mol. The molecule has 0 unspecified atom stereocenters. The number of amides is 2. The van der Waals surface area contributed by atoms with Crippen molar-refractivity contribution in [2.75, 3.05) is 26.2 Å². The Bertz CT molecular complexity index is 835. The number of nitrogens with one attached hydrogen (secondary N) is 2. The van der Waals surface area contributed by atoms with Gasteiger partial charge in [0.15, 0.2) is 0 Å². The van der Waals surface area contributed by atoms with Crippen LogP contribution in [-0.4, -0.2) is 63.5 Å². The average molecular weight is 442 g/mol. The Kier molecular flexibility index (Phi) is 7.79. The molecule has 1 aliphatic heterocycles. The van der Waals surface area contributed by atoms with Gasteiger partial charge in [-0.1, -0.05) is 12.8 Å². The minimum atomic E-state index is -3.98. The Morgan fingerprint density at radius 1 is 1.10 bits per heavy atom. The summed E-state index contributed by atoms with van der Waals surface area (Å²) in [6.07, 6.45) is 5.53. The van der Waals surface area contributed by atoms with E-state index in [-0.39, 0.29) is 36.0 Å². The first-order valence-electron chi connectivity index (χ1n) is 10.3. The number of halogens is 1. The zero-order chi connectivity index (χ0) is 21.6. The molecular weight excluding hydrogens is 413 g/mol. The molecule has 1 aromatic rings. The lowest BCUT2D eigenvalue weighted by atomic mass is 10.2. The fourth-order valence-electron chi connectivity index (χ4n) is 3.77. The fraction of sp³-hybridized carbons (Fsp3) is 0.600. The van der Waals surface area contributed by atoms with Gasteiger partial charge in [0, 0.05) is 19.2 Å². The zero-order valence-corrected chi connectivity index (χ0v) is 17.6. The number of nitrogens with zero attached hydrogens (tertiary/aromatic N) is 1. The van der Waals surface area contributed by atoms with E-state index in [1.165, 1.54) is 4.90 Å². The van der Waals surface area contributed by atoms with Crippen molar-refractivity contribution in [3.05, 3.63) is 30.1 Å². The lowest BCUT2D eigenvalue weighted by molar-refractivity contribution is -0.136. The number of sulfonamides is 1. The van der Waals surface area contributed by atoms with Crippen molar-refractivity contribution in [2.45, 2.75) is 55.6 Å². The summed E-state index contributed by atoms with van der Waals surface area (Å²) in [7, 11) is -3.98. The molecule has 1 heterocycles. The number of benzene rings is 1. The van der Waals surface area contributed by atoms with Crippen molar-refractivity contribution >= 4 is 21.8 Å². The maximum atomic E-state index is 13.0. The van der Waals surface area contributed by atoms with Crippen LogP contribution in [0.4, 0.5) is 4.39 Å². The van der Waals surface area contributed by atoms with Crippen LogP contribution in [0.25, 0.3) is 0 Å². The third kappa shape index (κ3) is 6.48. The Balaban J connectivity index is 1.60. The van der Waals surface area contributed by atoms with Gasteiger partial charge in [-0.15, -0.1) is 0 Å². The molecule has 1 aromatic carbocycles. The van der Waals surface area contributed by atoms with Crippen molar-refractivity contribution in [2.24, 2.45) is 0 Å². The predicted molar refractivity (Wildman–Crippen MR) is 108 cm³/mol. The first-order chi connectivity index (χ1) is 14.3. The highest BCUT2D eigenvalue weighted by atomic mass is 32.2. The van der Waals surface area contributed by atoms with Gasteiger partial charge in [-0.2, -0.15) is 0 Å². The first-order valence-corrected chi connectivity index (χ1v) is 11.8. The highest BCUT2D eigenvalue weighted by molar-refractivity contribution is 7.89. The van der Waals surface area contributed by atoms with E-state index in [0.717, 1.165) is 62.8 Å². The Labute approximate surface area is 176 Å². The summed E-state index contributed by atoms with van der Waals surface area (Å²) in [4.78, 5) is 26.4. The van der Waals surface area contributed by atoms with Crippen molar-refractivity contribution < 1.29 is 27.1 Å². The lowest BCUT2D eigenvalue weighted by Crippen LogP contribution is -2.48. The molecule has 166 valence electrons. The molecule has 1 saturated carbocycles. The van der Waals surface area contributed by atoms with Gasteiger partial charge in [0.2, 0.25) is 21.8 Å². The Morgan fingerprint density at radius 3 is 2.43 bits per heavy atom. The quantitative estimate of drug-likeness (QED) is 0.599. The van der Waals surface area contributed by atoms with Crippen molar-refractivity contribution in [3.8, 4) is 0 Å². The topological polar surface area (TPSA) is 105 Å². The minimum absolute atomic E-state index is 0.133. The first kappa shape index (κ1) is 22.6. The molecule has 0 radical (unpaired) electrons. The van der Waals surface area contributed by atoms with E-state index in [1.54, 1.807) is 0 Å². The van der Waals surface area contributed by atoms with E-state index >= 15 is 0 Å². The maximum Gasteiger partial charge on any atom is 0.241 e. The Hall–Kier alpha value is -2.04. The van der Waals surface area contributed by atoms with E-state index < -0.39 is 28.3 Å². The number of carbonyl (C=O) groups excluding carboxylic acids is 2. The number of carbonyl (C=O) groups is 2. The summed E-state index contributed by atoms with van der Waals surface area (Å²) in [5.74, 6) is -1.33. The van der Waals surface area contributed by atoms with Gasteiger partial charge in [-0.05, 0) is 49.9 Å². The normalized spacial score (nSPS) is 19.7. The zero-order valence-electron chi connectivity index (χ0n) is 16.8. The van der Waals surface area contributed by atoms with Crippen LogP contribution in [0.5, 0.6) is 0 Å². The minimum Gasteiger partial charge on any atom is -0.376 e. The van der Waals surface area contributed by atoms with E-state index in [9.17, 15) is 22.4 Å². The standard InChI is InChI=1S/C20H28FN3O5S/c21-15-7-9-18(10-8-15)30(27,28)22-12-20(26)24(13-17-6-3-11-29-17)14-19(25)23-16-4-1-2-5-16/h7-10,16-17,22H,1-6,11-14H2,(H,23,25)/t17-/m0/s1. The van der Waals surface area contributed by atoms with Gasteiger partial charge in [0.1, 0.15) is 5.82 Å². The van der Waals surface area contributed by atoms with Gasteiger partial charge in [0.05, 0.1) is 24.1 Å². The van der Waals surface area contributed by atoms with Gasteiger partial charge in [-0.3, -0.25) is 9.59 Å². The van der Waals surface area contributed by atoms with Crippen LogP contribution in [0.1, 0.15) is 38.5 Å². The molecule has 2 N–H and O–H groups in total. The van der Waals surface area contributed by atoms with Crippen LogP contribution in [0.2, 0.25) is 0 Å². The van der Waals surface area contributed by atoms with Crippen LogP contribution in [0, 0.1) is 5.82 Å². The molecular formula is C20H28FN3O5S. The molecule has 8 nitrogen and oxygen atoms in total. The molecule has 1 aliphatic carbocycles. The molecule has 3 rings (SSSR count). The van der Waals surface area contributed by atoms with Crippen LogP contribution in [0.3, 0.4) is 0 Å². The molecule has 2 aliphatic rings. The molecule has 1 saturated heterocycles. The summed E-state index contributed by atoms with van der Waals surface area (Å²) in [6, 6.07) is 4.46. The van der Waals surface area contributed by atoms with Crippen molar-refractivity contribution in [1.82, 2.24) is 14.9 Å². The van der Waals surface area contributed by atoms with E-state index in [4.69, 9.17) is 4.74 Å². The summed E-state index contributed by atoms with van der Waals surface area (Å²) in [6.45, 7) is 0.198. The largest absolute Gasteiger partial charge is 0.376 e. The molecule has 2 amide bonds. The smallest absolute Gasteiger partial charge is 0.241 e. The third-order valence-corrected chi connectivity index (χ3v) is 6.81. The SMILES string of the molecule is O=C(CN(C[C@@H]1CCCO1)C(=O)CNS(=O)(=O)c1ccc(F)cc1)NC1CCCC1. The summed E-state index contributed by atoms with van der Waals surface area (Å²) in [5.41, 5.74) is 0. The van der Waals surface area contributed by atoms with Crippen LogP contribution in [-0.2, 0) is 24.3 Å². The summed E-state index contributed by atoms with van der Waals surface area (Å²) in [5, 5.41) is 2.94. The molecule has 0 aromatic heterocycles. The predicted octanol–water partition coefficient (Wildman–Crippen LogP) is 1.17. The second-order valence-electron chi connectivity index (χ2n) is 7.74. The molecule has 30 heavy (non-hydrogen) atoms. The molecule has 0 spiro atoms. The van der Waals surface area contributed by atoms with Crippen molar-refractivity contribution in [3.63, 3.8) is 0 Å². The van der Waals surface area contributed by atoms with E-state index in [1.807, 2.05) is 0 Å². The second kappa shape index (κ2) is 10.3.